The van der Waals surface area contributed by atoms with Gasteiger partial charge in [-0.05, 0) is 61.4 Å². The van der Waals surface area contributed by atoms with E-state index < -0.39 is 10.0 Å². The van der Waals surface area contributed by atoms with Crippen LogP contribution < -0.4 is 4.72 Å². The minimum Gasteiger partial charge on any atom is -0.280 e. The minimum absolute atomic E-state index is 0.227. The summed E-state index contributed by atoms with van der Waals surface area (Å²) in [4.78, 5) is 0.227. The van der Waals surface area contributed by atoms with Crippen molar-refractivity contribution in [3.05, 3.63) is 59.2 Å². The molecule has 0 saturated carbocycles. The smallest absolute Gasteiger partial charge is 0.261 e. The number of aryl methyl sites for hydroxylation is 2. The van der Waals surface area contributed by atoms with Gasteiger partial charge in [0.1, 0.15) is 0 Å². The molecule has 0 atom stereocenters. The van der Waals surface area contributed by atoms with E-state index in [2.05, 4.69) is 4.72 Å². The number of hydrogen-bond acceptors (Lipinski definition) is 3. The Kier molecular flexibility index (Phi) is 3.77. The molecule has 2 aromatic carbocycles. The Morgan fingerprint density at radius 3 is 2.20 bits per heavy atom. The number of nitrogens with zero attached hydrogens (tertiary/aromatic N) is 1. The molecule has 0 heterocycles. The summed E-state index contributed by atoms with van der Waals surface area (Å²) in [6, 6.07) is 13.3. The summed E-state index contributed by atoms with van der Waals surface area (Å²) >= 11 is 0. The van der Waals surface area contributed by atoms with Gasteiger partial charge in [-0.25, -0.2) is 8.42 Å². The third kappa shape index (κ3) is 2.98. The SMILES string of the molecule is Cc1ccc(S(=O)(=O)Nc2ccc(C#N)cc2)cc1C. The van der Waals surface area contributed by atoms with E-state index in [0.717, 1.165) is 11.1 Å². The molecule has 0 aliphatic heterocycles. The van der Waals surface area contributed by atoms with Gasteiger partial charge in [0.05, 0.1) is 16.5 Å². The van der Waals surface area contributed by atoms with E-state index in [4.69, 9.17) is 5.26 Å². The van der Waals surface area contributed by atoms with Gasteiger partial charge in [0.2, 0.25) is 0 Å². The largest absolute Gasteiger partial charge is 0.280 e. The van der Waals surface area contributed by atoms with E-state index >= 15 is 0 Å². The molecule has 102 valence electrons. The standard InChI is InChI=1S/C15H14N2O2S/c1-11-3-8-15(9-12(11)2)20(18,19)17-14-6-4-13(10-16)5-7-14/h3-9,17H,1-2H3. The number of rotatable bonds is 3. The predicted molar refractivity (Wildman–Crippen MR) is 77.9 cm³/mol. The van der Waals surface area contributed by atoms with Crippen LogP contribution in [-0.2, 0) is 10.0 Å². The van der Waals surface area contributed by atoms with Crippen molar-refractivity contribution in [1.82, 2.24) is 0 Å². The summed E-state index contributed by atoms with van der Waals surface area (Å²) in [7, 11) is -3.61. The van der Waals surface area contributed by atoms with E-state index in [1.165, 1.54) is 0 Å². The van der Waals surface area contributed by atoms with Crippen LogP contribution in [0.5, 0.6) is 0 Å². The van der Waals surface area contributed by atoms with Crippen molar-refractivity contribution in [3.8, 4) is 6.07 Å². The van der Waals surface area contributed by atoms with Crippen LogP contribution in [0, 0.1) is 25.2 Å². The Morgan fingerprint density at radius 2 is 1.65 bits per heavy atom. The topological polar surface area (TPSA) is 70.0 Å². The molecule has 0 radical (unpaired) electrons. The third-order valence-electron chi connectivity index (χ3n) is 3.05. The summed E-state index contributed by atoms with van der Waals surface area (Å²) in [6.45, 7) is 3.80. The molecule has 0 aromatic heterocycles. The molecule has 2 aromatic rings. The van der Waals surface area contributed by atoms with Crippen molar-refractivity contribution < 1.29 is 8.42 Å². The molecule has 0 spiro atoms. The molecule has 4 nitrogen and oxygen atoms in total. The summed E-state index contributed by atoms with van der Waals surface area (Å²) in [5.41, 5.74) is 2.89. The zero-order valence-electron chi connectivity index (χ0n) is 11.2. The number of sulfonamides is 1. The van der Waals surface area contributed by atoms with E-state index in [-0.39, 0.29) is 4.90 Å². The van der Waals surface area contributed by atoms with Gasteiger partial charge >= 0.3 is 0 Å². The lowest BCUT2D eigenvalue weighted by Gasteiger charge is -2.09. The monoisotopic (exact) mass is 286 g/mol. The second-order valence-corrected chi connectivity index (χ2v) is 6.22. The molecule has 1 N–H and O–H groups in total. The Hall–Kier alpha value is -2.32. The quantitative estimate of drug-likeness (QED) is 0.943. The maximum atomic E-state index is 12.2. The fourth-order valence-corrected chi connectivity index (χ4v) is 2.85. The average molecular weight is 286 g/mol. The van der Waals surface area contributed by atoms with E-state index in [9.17, 15) is 8.42 Å². The van der Waals surface area contributed by atoms with Crippen molar-refractivity contribution in [1.29, 1.82) is 5.26 Å². The van der Waals surface area contributed by atoms with Crippen LogP contribution in [0.25, 0.3) is 0 Å². The molecular formula is C15H14N2O2S. The van der Waals surface area contributed by atoms with Crippen LogP contribution in [0.1, 0.15) is 16.7 Å². The Bertz CT molecular complexity index is 773. The van der Waals surface area contributed by atoms with Gasteiger partial charge in [0.15, 0.2) is 0 Å². The molecule has 0 unspecified atom stereocenters. The Balaban J connectivity index is 2.30. The fraction of sp³-hybridized carbons (Fsp3) is 0.133. The molecule has 0 fully saturated rings. The maximum Gasteiger partial charge on any atom is 0.261 e. The first-order valence-electron chi connectivity index (χ1n) is 6.02. The van der Waals surface area contributed by atoms with Gasteiger partial charge in [-0.3, -0.25) is 4.72 Å². The number of benzene rings is 2. The van der Waals surface area contributed by atoms with Gasteiger partial charge < -0.3 is 0 Å². The summed E-state index contributed by atoms with van der Waals surface area (Å²) in [5, 5.41) is 8.71. The van der Waals surface area contributed by atoms with Crippen molar-refractivity contribution >= 4 is 15.7 Å². The third-order valence-corrected chi connectivity index (χ3v) is 4.43. The molecular weight excluding hydrogens is 272 g/mol. The molecule has 0 bridgehead atoms. The first-order valence-corrected chi connectivity index (χ1v) is 7.51. The molecule has 2 rings (SSSR count). The lowest BCUT2D eigenvalue weighted by molar-refractivity contribution is 0.601. The van der Waals surface area contributed by atoms with Crippen LogP contribution in [0.3, 0.4) is 0 Å². The van der Waals surface area contributed by atoms with E-state index in [0.29, 0.717) is 11.3 Å². The molecule has 5 heteroatoms. The highest BCUT2D eigenvalue weighted by molar-refractivity contribution is 7.92. The zero-order chi connectivity index (χ0) is 14.8. The number of anilines is 1. The van der Waals surface area contributed by atoms with Crippen molar-refractivity contribution in [2.24, 2.45) is 0 Å². The Morgan fingerprint density at radius 1 is 1.00 bits per heavy atom. The van der Waals surface area contributed by atoms with Crippen LogP contribution in [0.4, 0.5) is 5.69 Å². The molecule has 0 aliphatic carbocycles. The second kappa shape index (κ2) is 5.35. The number of nitrogens with one attached hydrogen (secondary N) is 1. The van der Waals surface area contributed by atoms with Crippen molar-refractivity contribution in [2.75, 3.05) is 4.72 Å². The van der Waals surface area contributed by atoms with Gasteiger partial charge in [0.25, 0.3) is 10.0 Å². The van der Waals surface area contributed by atoms with Crippen LogP contribution >= 0.6 is 0 Å². The lowest BCUT2D eigenvalue weighted by atomic mass is 10.1. The summed E-state index contributed by atoms with van der Waals surface area (Å²) in [5.74, 6) is 0. The van der Waals surface area contributed by atoms with Gasteiger partial charge in [-0.2, -0.15) is 5.26 Å². The van der Waals surface area contributed by atoms with Crippen molar-refractivity contribution in [3.63, 3.8) is 0 Å². The summed E-state index contributed by atoms with van der Waals surface area (Å²) < 4.78 is 27.0. The van der Waals surface area contributed by atoms with Gasteiger partial charge in [0, 0.05) is 5.69 Å². The Labute approximate surface area is 118 Å². The molecule has 0 aliphatic rings. The lowest BCUT2D eigenvalue weighted by Crippen LogP contribution is -2.13. The molecule has 20 heavy (non-hydrogen) atoms. The highest BCUT2D eigenvalue weighted by atomic mass is 32.2. The minimum atomic E-state index is -3.61. The van der Waals surface area contributed by atoms with Crippen LogP contribution in [-0.4, -0.2) is 8.42 Å². The average Bonchev–Trinajstić information content (AvgIpc) is 2.42. The van der Waals surface area contributed by atoms with E-state index in [1.807, 2.05) is 19.9 Å². The first kappa shape index (κ1) is 14.1. The highest BCUT2D eigenvalue weighted by Gasteiger charge is 2.14. The van der Waals surface area contributed by atoms with Gasteiger partial charge in [-0.1, -0.05) is 6.07 Å². The van der Waals surface area contributed by atoms with Crippen molar-refractivity contribution in [2.45, 2.75) is 18.7 Å². The zero-order valence-corrected chi connectivity index (χ0v) is 12.0. The normalized spacial score (nSPS) is 10.8. The number of nitriles is 1. The predicted octanol–water partition coefficient (Wildman–Crippen LogP) is 2.98. The highest BCUT2D eigenvalue weighted by Crippen LogP contribution is 2.19. The molecule has 0 saturated heterocycles. The fourth-order valence-electron chi connectivity index (χ4n) is 1.71. The maximum absolute atomic E-state index is 12.2. The van der Waals surface area contributed by atoms with Crippen LogP contribution in [0.15, 0.2) is 47.4 Å². The number of hydrogen-bond donors (Lipinski definition) is 1. The van der Waals surface area contributed by atoms with Crippen LogP contribution in [0.2, 0.25) is 0 Å². The van der Waals surface area contributed by atoms with E-state index in [1.54, 1.807) is 42.5 Å². The molecule has 0 amide bonds. The first-order chi connectivity index (χ1) is 9.42. The van der Waals surface area contributed by atoms with Gasteiger partial charge in [-0.15, -0.1) is 0 Å². The second-order valence-electron chi connectivity index (χ2n) is 4.54. The summed E-state index contributed by atoms with van der Waals surface area (Å²) in [6.07, 6.45) is 0.